The molecule has 3 amide bonds. The van der Waals surface area contributed by atoms with E-state index in [9.17, 15) is 9.59 Å². The van der Waals surface area contributed by atoms with Crippen LogP contribution in [-0.4, -0.2) is 36.5 Å². The van der Waals surface area contributed by atoms with Crippen LogP contribution in [0.1, 0.15) is 18.5 Å². The van der Waals surface area contributed by atoms with Crippen molar-refractivity contribution in [1.29, 1.82) is 0 Å². The van der Waals surface area contributed by atoms with E-state index in [1.165, 1.54) is 4.90 Å². The molecule has 1 aromatic carbocycles. The number of amides is 3. The van der Waals surface area contributed by atoms with Gasteiger partial charge in [0.15, 0.2) is 0 Å². The van der Waals surface area contributed by atoms with Gasteiger partial charge < -0.3 is 15.8 Å². The molecule has 0 spiro atoms. The number of carbonyl (C=O) groups is 2. The maximum absolute atomic E-state index is 12.2. The molecule has 0 radical (unpaired) electrons. The van der Waals surface area contributed by atoms with E-state index in [0.29, 0.717) is 5.75 Å². The van der Waals surface area contributed by atoms with E-state index in [0.717, 1.165) is 5.56 Å². The third-order valence-corrected chi connectivity index (χ3v) is 3.20. The molecule has 2 rings (SSSR count). The third-order valence-electron chi connectivity index (χ3n) is 3.20. The van der Waals surface area contributed by atoms with Gasteiger partial charge >= 0.3 is 6.03 Å². The summed E-state index contributed by atoms with van der Waals surface area (Å²) in [6.07, 6.45) is 0. The SMILES string of the molecule is COc1ccc(C2NC(=O)N(C(C)CN)C2=O)cc1. The van der Waals surface area contributed by atoms with Crippen molar-refractivity contribution in [2.45, 2.75) is 19.0 Å². The molecule has 2 unspecified atom stereocenters. The lowest BCUT2D eigenvalue weighted by Gasteiger charge is -2.19. The van der Waals surface area contributed by atoms with Crippen LogP contribution >= 0.6 is 0 Å². The Bertz CT molecular complexity index is 486. The van der Waals surface area contributed by atoms with Crippen molar-refractivity contribution in [3.05, 3.63) is 29.8 Å². The molecule has 2 atom stereocenters. The molecule has 1 aliphatic heterocycles. The van der Waals surface area contributed by atoms with Gasteiger partial charge in [-0.05, 0) is 24.6 Å². The van der Waals surface area contributed by atoms with E-state index in [-0.39, 0.29) is 18.5 Å². The monoisotopic (exact) mass is 263 g/mol. The first-order valence-electron chi connectivity index (χ1n) is 6.06. The van der Waals surface area contributed by atoms with E-state index in [1.807, 2.05) is 0 Å². The molecule has 1 aromatic rings. The number of nitrogens with two attached hydrogens (primary N) is 1. The zero-order valence-corrected chi connectivity index (χ0v) is 10.9. The fourth-order valence-electron chi connectivity index (χ4n) is 2.04. The molecule has 0 bridgehead atoms. The Morgan fingerprint density at radius 3 is 2.53 bits per heavy atom. The molecule has 0 saturated carbocycles. The summed E-state index contributed by atoms with van der Waals surface area (Å²) in [6.45, 7) is 1.99. The van der Waals surface area contributed by atoms with Crippen LogP contribution in [0.4, 0.5) is 4.79 Å². The van der Waals surface area contributed by atoms with Gasteiger partial charge in [0.1, 0.15) is 11.8 Å². The van der Waals surface area contributed by atoms with E-state index in [2.05, 4.69) is 5.32 Å². The highest BCUT2D eigenvalue weighted by Crippen LogP contribution is 2.24. The minimum absolute atomic E-state index is 0.245. The molecule has 102 valence electrons. The minimum Gasteiger partial charge on any atom is -0.497 e. The molecule has 6 nitrogen and oxygen atoms in total. The third kappa shape index (κ3) is 2.39. The summed E-state index contributed by atoms with van der Waals surface area (Å²) in [5, 5.41) is 2.66. The molecular formula is C13H17N3O3. The van der Waals surface area contributed by atoms with Crippen LogP contribution in [0.2, 0.25) is 0 Å². The van der Waals surface area contributed by atoms with Crippen LogP contribution in [0.3, 0.4) is 0 Å². The van der Waals surface area contributed by atoms with E-state index in [4.69, 9.17) is 10.5 Å². The first kappa shape index (κ1) is 13.4. The normalized spacial score (nSPS) is 20.4. The molecular weight excluding hydrogens is 246 g/mol. The largest absolute Gasteiger partial charge is 0.497 e. The fourth-order valence-corrected chi connectivity index (χ4v) is 2.04. The highest BCUT2D eigenvalue weighted by Gasteiger charge is 2.40. The minimum atomic E-state index is -0.646. The predicted molar refractivity (Wildman–Crippen MR) is 69.6 cm³/mol. The van der Waals surface area contributed by atoms with Crippen molar-refractivity contribution < 1.29 is 14.3 Å². The van der Waals surface area contributed by atoms with Gasteiger partial charge in [-0.3, -0.25) is 9.69 Å². The number of nitrogens with zero attached hydrogens (tertiary/aromatic N) is 1. The van der Waals surface area contributed by atoms with Gasteiger partial charge in [-0.1, -0.05) is 12.1 Å². The Morgan fingerprint density at radius 2 is 2.00 bits per heavy atom. The van der Waals surface area contributed by atoms with E-state index >= 15 is 0 Å². The zero-order chi connectivity index (χ0) is 14.0. The molecule has 1 heterocycles. The van der Waals surface area contributed by atoms with Crippen LogP contribution in [-0.2, 0) is 4.79 Å². The molecule has 19 heavy (non-hydrogen) atoms. The number of benzene rings is 1. The Kier molecular flexibility index (Phi) is 3.71. The van der Waals surface area contributed by atoms with Crippen LogP contribution in [0, 0.1) is 0 Å². The lowest BCUT2D eigenvalue weighted by atomic mass is 10.1. The molecule has 1 fully saturated rings. The van der Waals surface area contributed by atoms with Gasteiger partial charge in [0.25, 0.3) is 5.91 Å². The van der Waals surface area contributed by atoms with Crippen molar-refractivity contribution in [3.8, 4) is 5.75 Å². The van der Waals surface area contributed by atoms with Gasteiger partial charge in [-0.15, -0.1) is 0 Å². The van der Waals surface area contributed by atoms with Crippen molar-refractivity contribution >= 4 is 11.9 Å². The standard InChI is InChI=1S/C13H17N3O3/c1-8(7-14)16-12(17)11(15-13(16)18)9-3-5-10(19-2)6-4-9/h3-6,8,11H,7,14H2,1-2H3,(H,15,18). The number of methoxy groups -OCH3 is 1. The highest BCUT2D eigenvalue weighted by molar-refractivity contribution is 6.04. The van der Waals surface area contributed by atoms with Crippen molar-refractivity contribution in [2.75, 3.05) is 13.7 Å². The van der Waals surface area contributed by atoms with Gasteiger partial charge in [0.05, 0.1) is 13.2 Å². The van der Waals surface area contributed by atoms with Gasteiger partial charge in [-0.25, -0.2) is 4.79 Å². The zero-order valence-electron chi connectivity index (χ0n) is 10.9. The molecule has 1 aliphatic rings. The second kappa shape index (κ2) is 5.27. The summed E-state index contributed by atoms with van der Waals surface area (Å²) in [6, 6.07) is 5.68. The van der Waals surface area contributed by atoms with Gasteiger partial charge in [0.2, 0.25) is 0 Å². The fraction of sp³-hybridized carbons (Fsp3) is 0.385. The Hall–Kier alpha value is -2.08. The highest BCUT2D eigenvalue weighted by atomic mass is 16.5. The molecule has 0 aliphatic carbocycles. The summed E-state index contributed by atoms with van der Waals surface area (Å²) in [4.78, 5) is 25.2. The van der Waals surface area contributed by atoms with Crippen molar-refractivity contribution in [2.24, 2.45) is 5.73 Å². The Balaban J connectivity index is 2.22. The first-order valence-corrected chi connectivity index (χ1v) is 6.06. The maximum Gasteiger partial charge on any atom is 0.325 e. The second-order valence-corrected chi connectivity index (χ2v) is 4.45. The van der Waals surface area contributed by atoms with Crippen LogP contribution in [0.5, 0.6) is 5.75 Å². The number of hydrogen-bond donors (Lipinski definition) is 2. The predicted octanol–water partition coefficient (Wildman–Crippen LogP) is 0.635. The quantitative estimate of drug-likeness (QED) is 0.780. The van der Waals surface area contributed by atoms with Crippen LogP contribution in [0.25, 0.3) is 0 Å². The summed E-state index contributed by atoms with van der Waals surface area (Å²) in [5.74, 6) is 0.431. The molecule has 0 aromatic heterocycles. The topological polar surface area (TPSA) is 84.7 Å². The van der Waals surface area contributed by atoms with Crippen molar-refractivity contribution in [3.63, 3.8) is 0 Å². The molecule has 3 N–H and O–H groups in total. The number of hydrogen-bond acceptors (Lipinski definition) is 4. The van der Waals surface area contributed by atoms with Gasteiger partial charge in [-0.2, -0.15) is 0 Å². The molecule has 1 saturated heterocycles. The van der Waals surface area contributed by atoms with Gasteiger partial charge in [0, 0.05) is 6.54 Å². The van der Waals surface area contributed by atoms with Crippen LogP contribution < -0.4 is 15.8 Å². The first-order chi connectivity index (χ1) is 9.08. The summed E-state index contributed by atoms with van der Waals surface area (Å²) in [7, 11) is 1.57. The lowest BCUT2D eigenvalue weighted by Crippen LogP contribution is -2.42. The Morgan fingerprint density at radius 1 is 1.37 bits per heavy atom. The van der Waals surface area contributed by atoms with E-state index in [1.54, 1.807) is 38.3 Å². The smallest absolute Gasteiger partial charge is 0.325 e. The summed E-state index contributed by atoms with van der Waals surface area (Å²) >= 11 is 0. The average molecular weight is 263 g/mol. The number of carbonyl (C=O) groups excluding carboxylic acids is 2. The molecule has 6 heteroatoms. The lowest BCUT2D eigenvalue weighted by molar-refractivity contribution is -0.128. The maximum atomic E-state index is 12.2. The van der Waals surface area contributed by atoms with Crippen molar-refractivity contribution in [1.82, 2.24) is 10.2 Å². The second-order valence-electron chi connectivity index (χ2n) is 4.45. The Labute approximate surface area is 111 Å². The number of imide groups is 1. The van der Waals surface area contributed by atoms with Crippen LogP contribution in [0.15, 0.2) is 24.3 Å². The average Bonchev–Trinajstić information content (AvgIpc) is 2.73. The summed E-state index contributed by atoms with van der Waals surface area (Å²) in [5.41, 5.74) is 6.24. The van der Waals surface area contributed by atoms with E-state index < -0.39 is 12.1 Å². The summed E-state index contributed by atoms with van der Waals surface area (Å²) < 4.78 is 5.06. The number of urea groups is 1. The number of nitrogens with one attached hydrogen (secondary N) is 1. The number of rotatable bonds is 4. The number of ether oxygens (including phenoxy) is 1.